The first kappa shape index (κ1) is 12.5. The second-order valence-corrected chi connectivity index (χ2v) is 5.25. The Morgan fingerprint density at radius 3 is 2.74 bits per heavy atom. The Morgan fingerprint density at radius 1 is 1.16 bits per heavy atom. The SMILES string of the molecule is Nc1cccc2c1CN(Cc1cccc(Cl)c1F)C2. The minimum absolute atomic E-state index is 0.175. The lowest BCUT2D eigenvalue weighted by atomic mass is 10.1. The smallest absolute Gasteiger partial charge is 0.146 e. The average molecular weight is 277 g/mol. The van der Waals surface area contributed by atoms with Gasteiger partial charge in [-0.25, -0.2) is 4.39 Å². The van der Waals surface area contributed by atoms with Crippen LogP contribution in [-0.2, 0) is 19.6 Å². The molecule has 2 N–H and O–H groups in total. The topological polar surface area (TPSA) is 29.3 Å². The van der Waals surface area contributed by atoms with Crippen molar-refractivity contribution < 1.29 is 4.39 Å². The normalized spacial score (nSPS) is 14.6. The predicted molar refractivity (Wildman–Crippen MR) is 75.2 cm³/mol. The predicted octanol–water partition coefficient (Wildman–Crippen LogP) is 3.58. The number of rotatable bonds is 2. The van der Waals surface area contributed by atoms with E-state index in [1.165, 1.54) is 5.56 Å². The van der Waals surface area contributed by atoms with Gasteiger partial charge in [0.25, 0.3) is 0 Å². The fourth-order valence-electron chi connectivity index (χ4n) is 2.54. The van der Waals surface area contributed by atoms with E-state index in [0.717, 1.165) is 24.3 Å². The van der Waals surface area contributed by atoms with Crippen LogP contribution in [0.15, 0.2) is 36.4 Å². The lowest BCUT2D eigenvalue weighted by Gasteiger charge is -2.15. The monoisotopic (exact) mass is 276 g/mol. The second kappa shape index (κ2) is 4.83. The number of hydrogen-bond acceptors (Lipinski definition) is 2. The third-order valence-electron chi connectivity index (χ3n) is 3.51. The van der Waals surface area contributed by atoms with Gasteiger partial charge in [0.15, 0.2) is 0 Å². The molecule has 0 bridgehead atoms. The van der Waals surface area contributed by atoms with E-state index in [-0.39, 0.29) is 10.8 Å². The van der Waals surface area contributed by atoms with Gasteiger partial charge in [-0.1, -0.05) is 35.9 Å². The van der Waals surface area contributed by atoms with Gasteiger partial charge in [-0.2, -0.15) is 0 Å². The quantitative estimate of drug-likeness (QED) is 0.850. The maximum Gasteiger partial charge on any atom is 0.146 e. The van der Waals surface area contributed by atoms with Crippen LogP contribution in [0.2, 0.25) is 5.02 Å². The van der Waals surface area contributed by atoms with Crippen LogP contribution in [0, 0.1) is 5.82 Å². The van der Waals surface area contributed by atoms with Crippen LogP contribution in [-0.4, -0.2) is 4.90 Å². The van der Waals surface area contributed by atoms with Crippen LogP contribution in [0.3, 0.4) is 0 Å². The van der Waals surface area contributed by atoms with E-state index in [4.69, 9.17) is 17.3 Å². The fourth-order valence-corrected chi connectivity index (χ4v) is 2.73. The van der Waals surface area contributed by atoms with Gasteiger partial charge in [-0.3, -0.25) is 4.90 Å². The molecule has 1 aliphatic rings. The van der Waals surface area contributed by atoms with E-state index < -0.39 is 0 Å². The zero-order valence-electron chi connectivity index (χ0n) is 10.4. The van der Waals surface area contributed by atoms with Crippen LogP contribution in [0.4, 0.5) is 10.1 Å². The zero-order chi connectivity index (χ0) is 13.4. The number of halogens is 2. The number of nitrogens with two attached hydrogens (primary N) is 1. The molecule has 0 unspecified atom stereocenters. The van der Waals surface area contributed by atoms with E-state index >= 15 is 0 Å². The van der Waals surface area contributed by atoms with Gasteiger partial charge >= 0.3 is 0 Å². The minimum Gasteiger partial charge on any atom is -0.398 e. The van der Waals surface area contributed by atoms with Crippen LogP contribution in [0.5, 0.6) is 0 Å². The third kappa shape index (κ3) is 2.31. The molecule has 0 spiro atoms. The largest absolute Gasteiger partial charge is 0.398 e. The number of anilines is 1. The van der Waals surface area contributed by atoms with E-state index in [0.29, 0.717) is 12.1 Å². The summed E-state index contributed by atoms with van der Waals surface area (Å²) in [5.41, 5.74) is 9.78. The number of nitrogen functional groups attached to an aromatic ring is 1. The van der Waals surface area contributed by atoms with Crippen molar-refractivity contribution in [3.63, 3.8) is 0 Å². The molecule has 19 heavy (non-hydrogen) atoms. The van der Waals surface area contributed by atoms with Gasteiger partial charge < -0.3 is 5.73 Å². The molecule has 2 nitrogen and oxygen atoms in total. The number of benzene rings is 2. The van der Waals surface area contributed by atoms with Gasteiger partial charge in [0.2, 0.25) is 0 Å². The third-order valence-corrected chi connectivity index (χ3v) is 3.80. The molecule has 3 rings (SSSR count). The molecule has 0 atom stereocenters. The summed E-state index contributed by atoms with van der Waals surface area (Å²) in [6, 6.07) is 11.0. The number of nitrogens with zero attached hydrogens (tertiary/aromatic N) is 1. The lowest BCUT2D eigenvalue weighted by Crippen LogP contribution is -2.16. The zero-order valence-corrected chi connectivity index (χ0v) is 11.1. The molecule has 0 amide bonds. The first-order valence-corrected chi connectivity index (χ1v) is 6.54. The molecule has 0 aliphatic carbocycles. The molecule has 2 aromatic rings. The highest BCUT2D eigenvalue weighted by Gasteiger charge is 2.21. The molecule has 98 valence electrons. The Labute approximate surface area is 116 Å². The van der Waals surface area contributed by atoms with Crippen molar-refractivity contribution in [1.29, 1.82) is 0 Å². The summed E-state index contributed by atoms with van der Waals surface area (Å²) in [4.78, 5) is 2.16. The van der Waals surface area contributed by atoms with E-state index in [2.05, 4.69) is 11.0 Å². The summed E-state index contributed by atoms with van der Waals surface area (Å²) in [5, 5.41) is 0.175. The molecule has 0 saturated carbocycles. The van der Waals surface area contributed by atoms with Crippen molar-refractivity contribution >= 4 is 17.3 Å². The first-order valence-electron chi connectivity index (χ1n) is 6.16. The van der Waals surface area contributed by atoms with Gasteiger partial charge in [-0.15, -0.1) is 0 Å². The minimum atomic E-state index is -0.326. The summed E-state index contributed by atoms with van der Waals surface area (Å²) >= 11 is 5.80. The molecule has 2 aromatic carbocycles. The first-order chi connectivity index (χ1) is 9.15. The Morgan fingerprint density at radius 2 is 1.95 bits per heavy atom. The number of hydrogen-bond donors (Lipinski definition) is 1. The molecule has 0 radical (unpaired) electrons. The Kier molecular flexibility index (Phi) is 3.17. The maximum absolute atomic E-state index is 13.9. The Balaban J connectivity index is 1.81. The molecular formula is C15H14ClFN2. The fraction of sp³-hybridized carbons (Fsp3) is 0.200. The summed E-state index contributed by atoms with van der Waals surface area (Å²) in [5.74, 6) is -0.326. The maximum atomic E-state index is 13.9. The van der Waals surface area contributed by atoms with E-state index in [1.54, 1.807) is 18.2 Å². The molecule has 1 heterocycles. The molecule has 4 heteroatoms. The molecule has 0 fully saturated rings. The highest BCUT2D eigenvalue weighted by Crippen LogP contribution is 2.29. The highest BCUT2D eigenvalue weighted by atomic mass is 35.5. The summed E-state index contributed by atoms with van der Waals surface area (Å²) < 4.78 is 13.9. The van der Waals surface area contributed by atoms with Gasteiger partial charge in [0.05, 0.1) is 5.02 Å². The number of fused-ring (bicyclic) bond motifs is 1. The summed E-state index contributed by atoms with van der Waals surface area (Å²) in [6.07, 6.45) is 0. The molecule has 0 aromatic heterocycles. The Bertz CT molecular complexity index is 628. The molecule has 0 saturated heterocycles. The van der Waals surface area contributed by atoms with Crippen LogP contribution in [0.25, 0.3) is 0 Å². The van der Waals surface area contributed by atoms with E-state index in [1.807, 2.05) is 12.1 Å². The van der Waals surface area contributed by atoms with Crippen molar-refractivity contribution in [3.05, 3.63) is 63.9 Å². The van der Waals surface area contributed by atoms with Crippen molar-refractivity contribution in [2.45, 2.75) is 19.6 Å². The van der Waals surface area contributed by atoms with Gasteiger partial charge in [-0.05, 0) is 23.3 Å². The highest BCUT2D eigenvalue weighted by molar-refractivity contribution is 6.30. The molecular weight excluding hydrogens is 263 g/mol. The van der Waals surface area contributed by atoms with Gasteiger partial charge in [0.1, 0.15) is 5.82 Å². The van der Waals surface area contributed by atoms with Crippen LogP contribution >= 0.6 is 11.6 Å². The summed E-state index contributed by atoms with van der Waals surface area (Å²) in [6.45, 7) is 2.10. The standard InChI is InChI=1S/C15H14ClFN2/c16-13-5-1-4-11(15(13)17)8-19-7-10-3-2-6-14(18)12(10)9-19/h1-6H,7-9,18H2. The van der Waals surface area contributed by atoms with Crippen LogP contribution in [0.1, 0.15) is 16.7 Å². The summed E-state index contributed by atoms with van der Waals surface area (Å²) in [7, 11) is 0. The average Bonchev–Trinajstić information content (AvgIpc) is 2.79. The van der Waals surface area contributed by atoms with Crippen molar-refractivity contribution in [2.24, 2.45) is 0 Å². The van der Waals surface area contributed by atoms with Crippen LogP contribution < -0.4 is 5.73 Å². The Hall–Kier alpha value is -1.58. The van der Waals surface area contributed by atoms with E-state index in [9.17, 15) is 4.39 Å². The lowest BCUT2D eigenvalue weighted by molar-refractivity contribution is 0.271. The van der Waals surface area contributed by atoms with Gasteiger partial charge in [0, 0.05) is 30.9 Å². The van der Waals surface area contributed by atoms with Crippen molar-refractivity contribution in [2.75, 3.05) is 5.73 Å². The van der Waals surface area contributed by atoms with Crippen molar-refractivity contribution in [3.8, 4) is 0 Å². The van der Waals surface area contributed by atoms with Crippen molar-refractivity contribution in [1.82, 2.24) is 4.90 Å². The molecule has 1 aliphatic heterocycles. The second-order valence-electron chi connectivity index (χ2n) is 4.84.